The summed E-state index contributed by atoms with van der Waals surface area (Å²) >= 11 is 0. The van der Waals surface area contributed by atoms with E-state index in [1.807, 2.05) is 24.3 Å². The van der Waals surface area contributed by atoms with Crippen LogP contribution >= 0.6 is 0 Å². The molecule has 0 saturated carbocycles. The first-order chi connectivity index (χ1) is 19.2. The van der Waals surface area contributed by atoms with Gasteiger partial charge in [-0.05, 0) is 41.0 Å². The Morgan fingerprint density at radius 3 is 2.27 bits per heavy atom. The fraction of sp³-hybridized carbons (Fsp3) is 0.310. The number of aliphatic carboxylic acids is 1. The Labute approximate surface area is 234 Å². The number of anilines is 1. The number of hydrogen-bond donors (Lipinski definition) is 3. The van der Waals surface area contributed by atoms with Crippen LogP contribution < -0.4 is 10.0 Å². The van der Waals surface area contributed by atoms with E-state index in [0.717, 1.165) is 30.8 Å². The monoisotopic (exact) mass is 566 g/mol. The van der Waals surface area contributed by atoms with Crippen LogP contribution in [0.5, 0.6) is 0 Å². The number of benzene rings is 3. The number of methoxy groups -OCH3 is 1. The summed E-state index contributed by atoms with van der Waals surface area (Å²) in [6, 6.07) is 21.2. The van der Waals surface area contributed by atoms with E-state index in [4.69, 9.17) is 4.74 Å². The molecule has 1 fully saturated rings. The number of carbonyl (C=O) groups excluding carboxylic acids is 1. The Hall–Kier alpha value is -3.77. The molecule has 11 heteroatoms. The Balaban J connectivity index is 1.41. The van der Waals surface area contributed by atoms with Crippen LogP contribution in [0.15, 0.2) is 83.8 Å². The average Bonchev–Trinajstić information content (AvgIpc) is 2.96. The highest BCUT2D eigenvalue weighted by atomic mass is 32.2. The number of ether oxygens (including phenoxy) is 1. The topological polar surface area (TPSA) is 128 Å². The molecular weight excluding hydrogens is 532 g/mol. The van der Waals surface area contributed by atoms with Crippen molar-refractivity contribution >= 4 is 27.7 Å². The summed E-state index contributed by atoms with van der Waals surface area (Å²) < 4.78 is 33.8. The minimum atomic E-state index is -3.98. The molecule has 1 saturated heterocycles. The van der Waals surface area contributed by atoms with Gasteiger partial charge in [-0.1, -0.05) is 54.6 Å². The number of amides is 2. The van der Waals surface area contributed by atoms with Gasteiger partial charge in [0.05, 0.1) is 24.0 Å². The summed E-state index contributed by atoms with van der Waals surface area (Å²) in [6.07, 6.45) is -0.386. The number of carbonyl (C=O) groups is 2. The quantitative estimate of drug-likeness (QED) is 0.323. The lowest BCUT2D eigenvalue weighted by Gasteiger charge is -2.34. The van der Waals surface area contributed by atoms with Gasteiger partial charge in [-0.15, -0.1) is 0 Å². The van der Waals surface area contributed by atoms with Crippen molar-refractivity contribution in [2.45, 2.75) is 17.4 Å². The average molecular weight is 567 g/mol. The highest BCUT2D eigenvalue weighted by Crippen LogP contribution is 2.26. The van der Waals surface area contributed by atoms with Gasteiger partial charge in [0.1, 0.15) is 0 Å². The van der Waals surface area contributed by atoms with E-state index >= 15 is 0 Å². The zero-order valence-electron chi connectivity index (χ0n) is 22.3. The molecule has 1 heterocycles. The molecule has 1 atom stereocenters. The largest absolute Gasteiger partial charge is 0.481 e. The lowest BCUT2D eigenvalue weighted by Crippen LogP contribution is -2.50. The van der Waals surface area contributed by atoms with Crippen LogP contribution in [-0.2, 0) is 19.6 Å². The SMILES string of the molecule is COCCN1CCN(C(=O)Nc2cccc(-c3ccc(S(=O)(=O)NC(CC(=O)O)c4ccccc4)cc3)c2)CC1. The molecule has 2 amide bonds. The number of piperazine rings is 1. The fourth-order valence-electron chi connectivity index (χ4n) is 4.54. The van der Waals surface area contributed by atoms with Crippen LogP contribution in [0.3, 0.4) is 0 Å². The first-order valence-electron chi connectivity index (χ1n) is 13.0. The van der Waals surface area contributed by atoms with E-state index in [9.17, 15) is 23.1 Å². The fourth-order valence-corrected chi connectivity index (χ4v) is 5.77. The van der Waals surface area contributed by atoms with Gasteiger partial charge in [0.25, 0.3) is 0 Å². The molecule has 0 aromatic heterocycles. The number of carboxylic acid groups (broad SMARTS) is 1. The van der Waals surface area contributed by atoms with Gasteiger partial charge in [0.2, 0.25) is 10.0 Å². The second-order valence-corrected chi connectivity index (χ2v) is 11.3. The van der Waals surface area contributed by atoms with Crippen molar-refractivity contribution in [2.24, 2.45) is 0 Å². The first-order valence-corrected chi connectivity index (χ1v) is 14.5. The normalized spacial score (nSPS) is 15.0. The third-order valence-corrected chi connectivity index (χ3v) is 8.25. The maximum atomic E-state index is 13.1. The molecule has 0 spiro atoms. The van der Waals surface area contributed by atoms with E-state index in [0.29, 0.717) is 30.9 Å². The molecule has 3 aromatic rings. The van der Waals surface area contributed by atoms with Crippen LogP contribution in [0.4, 0.5) is 10.5 Å². The second-order valence-electron chi connectivity index (χ2n) is 9.54. The predicted molar refractivity (Wildman–Crippen MR) is 153 cm³/mol. The zero-order valence-corrected chi connectivity index (χ0v) is 23.1. The summed E-state index contributed by atoms with van der Waals surface area (Å²) in [5, 5.41) is 12.3. The van der Waals surface area contributed by atoms with Gasteiger partial charge in [-0.25, -0.2) is 17.9 Å². The van der Waals surface area contributed by atoms with Gasteiger partial charge in [0.15, 0.2) is 0 Å². The van der Waals surface area contributed by atoms with Gasteiger partial charge < -0.3 is 20.1 Å². The molecule has 212 valence electrons. The van der Waals surface area contributed by atoms with Gasteiger partial charge in [0, 0.05) is 45.5 Å². The van der Waals surface area contributed by atoms with Crippen LogP contribution in [0.2, 0.25) is 0 Å². The molecule has 0 bridgehead atoms. The van der Waals surface area contributed by atoms with Crippen molar-refractivity contribution in [1.29, 1.82) is 0 Å². The van der Waals surface area contributed by atoms with E-state index < -0.39 is 22.0 Å². The lowest BCUT2D eigenvalue weighted by molar-refractivity contribution is -0.137. The number of urea groups is 1. The van der Waals surface area contributed by atoms with Crippen molar-refractivity contribution in [2.75, 3.05) is 51.8 Å². The highest BCUT2D eigenvalue weighted by molar-refractivity contribution is 7.89. The second kappa shape index (κ2) is 13.5. The van der Waals surface area contributed by atoms with Gasteiger partial charge in [-0.2, -0.15) is 0 Å². The van der Waals surface area contributed by atoms with Crippen LogP contribution in [0, 0.1) is 0 Å². The summed E-state index contributed by atoms with van der Waals surface area (Å²) in [5.74, 6) is -1.11. The third-order valence-electron chi connectivity index (χ3n) is 6.76. The minimum absolute atomic E-state index is 0.0247. The molecule has 3 aromatic carbocycles. The number of hydrogen-bond acceptors (Lipinski definition) is 6. The smallest absolute Gasteiger partial charge is 0.321 e. The maximum Gasteiger partial charge on any atom is 0.321 e. The molecule has 3 N–H and O–H groups in total. The van der Waals surface area contributed by atoms with Crippen molar-refractivity contribution in [3.8, 4) is 11.1 Å². The van der Waals surface area contributed by atoms with Crippen molar-refractivity contribution < 1.29 is 27.9 Å². The third kappa shape index (κ3) is 7.89. The van der Waals surface area contributed by atoms with Crippen LogP contribution in [0.25, 0.3) is 11.1 Å². The van der Waals surface area contributed by atoms with Crippen LogP contribution in [-0.4, -0.2) is 81.8 Å². The maximum absolute atomic E-state index is 13.1. The number of nitrogens with one attached hydrogen (secondary N) is 2. The molecule has 10 nitrogen and oxygen atoms in total. The summed E-state index contributed by atoms with van der Waals surface area (Å²) in [6.45, 7) is 4.38. The summed E-state index contributed by atoms with van der Waals surface area (Å²) in [5.41, 5.74) is 2.79. The molecule has 40 heavy (non-hydrogen) atoms. The molecule has 1 aliphatic heterocycles. The summed E-state index contributed by atoms with van der Waals surface area (Å²) in [4.78, 5) is 28.3. The molecular formula is C29H34N4O6S. The van der Waals surface area contributed by atoms with E-state index in [1.54, 1.807) is 54.5 Å². The van der Waals surface area contributed by atoms with Crippen molar-refractivity contribution in [3.63, 3.8) is 0 Å². The Morgan fingerprint density at radius 2 is 1.62 bits per heavy atom. The Kier molecular flexibility index (Phi) is 9.88. The number of sulfonamides is 1. The molecule has 0 radical (unpaired) electrons. The van der Waals surface area contributed by atoms with E-state index in [2.05, 4.69) is 14.9 Å². The molecule has 4 rings (SSSR count). The van der Waals surface area contributed by atoms with Crippen LogP contribution in [0.1, 0.15) is 18.0 Å². The standard InChI is InChI=1S/C29H34N4O6S/c1-39-19-18-32-14-16-33(17-15-32)29(36)30-25-9-5-8-24(20-25)22-10-12-26(13-11-22)40(37,38)31-27(21-28(34)35)23-6-3-2-4-7-23/h2-13,20,27,31H,14-19,21H2,1H3,(H,30,36)(H,34,35). The minimum Gasteiger partial charge on any atom is -0.481 e. The predicted octanol–water partition coefficient (Wildman–Crippen LogP) is 3.64. The van der Waals surface area contributed by atoms with Gasteiger partial charge >= 0.3 is 12.0 Å². The first kappa shape index (κ1) is 29.2. The number of carboxylic acids is 1. The Morgan fingerprint density at radius 1 is 0.925 bits per heavy atom. The zero-order chi connectivity index (χ0) is 28.5. The highest BCUT2D eigenvalue weighted by Gasteiger charge is 2.24. The van der Waals surface area contributed by atoms with Gasteiger partial charge in [-0.3, -0.25) is 9.69 Å². The summed E-state index contributed by atoms with van der Waals surface area (Å²) in [7, 11) is -2.31. The number of rotatable bonds is 11. The van der Waals surface area contributed by atoms with E-state index in [1.165, 1.54) is 12.1 Å². The lowest BCUT2D eigenvalue weighted by atomic mass is 10.1. The van der Waals surface area contributed by atoms with Crippen molar-refractivity contribution in [3.05, 3.63) is 84.4 Å². The Bertz CT molecular complexity index is 1390. The number of nitrogens with zero attached hydrogens (tertiary/aromatic N) is 2. The van der Waals surface area contributed by atoms with Crippen molar-refractivity contribution in [1.82, 2.24) is 14.5 Å². The molecule has 1 aliphatic rings. The van der Waals surface area contributed by atoms with E-state index in [-0.39, 0.29) is 17.3 Å². The molecule has 0 aliphatic carbocycles. The molecule has 1 unspecified atom stereocenters.